The van der Waals surface area contributed by atoms with E-state index in [0.717, 1.165) is 16.2 Å². The lowest BCUT2D eigenvalue weighted by Crippen LogP contribution is -2.14. The third kappa shape index (κ3) is 3.31. The SMILES string of the molecule is N#Cc1ccc(C#CP(=O)(c2ccccc2)c2ccccc2)cc1. The van der Waals surface area contributed by atoms with Gasteiger partial charge in [-0.15, -0.1) is 0 Å². The highest BCUT2D eigenvalue weighted by Crippen LogP contribution is 2.41. The minimum Gasteiger partial charge on any atom is -0.300 e. The number of benzene rings is 3. The van der Waals surface area contributed by atoms with E-state index < -0.39 is 7.14 Å². The highest BCUT2D eigenvalue weighted by molar-refractivity contribution is 7.83. The van der Waals surface area contributed by atoms with Gasteiger partial charge in [0.25, 0.3) is 0 Å². The number of nitriles is 1. The molecule has 0 aliphatic heterocycles. The van der Waals surface area contributed by atoms with Gasteiger partial charge in [0.2, 0.25) is 7.14 Å². The molecule has 0 N–H and O–H groups in total. The molecule has 0 atom stereocenters. The Morgan fingerprint density at radius 2 is 1.12 bits per heavy atom. The van der Waals surface area contributed by atoms with Crippen LogP contribution in [0, 0.1) is 22.9 Å². The lowest BCUT2D eigenvalue weighted by Gasteiger charge is -2.12. The third-order valence-corrected chi connectivity index (χ3v) is 6.09. The molecule has 3 aromatic carbocycles. The molecule has 114 valence electrons. The van der Waals surface area contributed by atoms with Crippen LogP contribution in [0.4, 0.5) is 0 Å². The van der Waals surface area contributed by atoms with Crippen LogP contribution in [-0.4, -0.2) is 0 Å². The fourth-order valence-electron chi connectivity index (χ4n) is 2.33. The fraction of sp³-hybridized carbons (Fsp3) is 0. The van der Waals surface area contributed by atoms with E-state index in [9.17, 15) is 4.57 Å². The van der Waals surface area contributed by atoms with E-state index in [4.69, 9.17) is 5.26 Å². The van der Waals surface area contributed by atoms with Gasteiger partial charge in [-0.2, -0.15) is 5.26 Å². The molecule has 3 rings (SSSR count). The van der Waals surface area contributed by atoms with E-state index in [0.29, 0.717) is 5.56 Å². The Balaban J connectivity index is 2.09. The molecule has 0 heterocycles. The minimum absolute atomic E-state index is 0.579. The van der Waals surface area contributed by atoms with Gasteiger partial charge in [0.15, 0.2) is 0 Å². The Morgan fingerprint density at radius 3 is 1.58 bits per heavy atom. The normalized spacial score (nSPS) is 10.3. The van der Waals surface area contributed by atoms with Crippen LogP contribution < -0.4 is 10.6 Å². The van der Waals surface area contributed by atoms with Crippen LogP contribution in [0.5, 0.6) is 0 Å². The Kier molecular flexibility index (Phi) is 4.62. The maximum Gasteiger partial charge on any atom is 0.211 e. The van der Waals surface area contributed by atoms with Crippen LogP contribution in [0.25, 0.3) is 0 Å². The zero-order valence-corrected chi connectivity index (χ0v) is 13.8. The van der Waals surface area contributed by atoms with E-state index in [1.54, 1.807) is 24.3 Å². The molecule has 0 aromatic heterocycles. The average Bonchev–Trinajstić information content (AvgIpc) is 2.68. The van der Waals surface area contributed by atoms with Gasteiger partial charge in [-0.1, -0.05) is 66.6 Å². The monoisotopic (exact) mass is 327 g/mol. The van der Waals surface area contributed by atoms with Crippen molar-refractivity contribution in [3.8, 4) is 17.7 Å². The van der Waals surface area contributed by atoms with Crippen molar-refractivity contribution in [2.75, 3.05) is 0 Å². The molecule has 0 unspecified atom stereocenters. The lowest BCUT2D eigenvalue weighted by molar-refractivity contribution is 0.593. The van der Waals surface area contributed by atoms with E-state index in [2.05, 4.69) is 17.7 Å². The summed E-state index contributed by atoms with van der Waals surface area (Å²) in [5, 5.41) is 10.3. The minimum atomic E-state index is -3.03. The first-order valence-corrected chi connectivity index (χ1v) is 9.18. The van der Waals surface area contributed by atoms with Gasteiger partial charge in [0, 0.05) is 16.2 Å². The van der Waals surface area contributed by atoms with Crippen molar-refractivity contribution in [1.82, 2.24) is 0 Å². The summed E-state index contributed by atoms with van der Waals surface area (Å²) in [6, 6.07) is 27.7. The molecule has 24 heavy (non-hydrogen) atoms. The van der Waals surface area contributed by atoms with Crippen LogP contribution in [0.15, 0.2) is 84.9 Å². The second kappa shape index (κ2) is 7.01. The molecule has 0 spiro atoms. The lowest BCUT2D eigenvalue weighted by atomic mass is 10.2. The summed E-state index contributed by atoms with van der Waals surface area (Å²) in [6.45, 7) is 0. The molecule has 2 nitrogen and oxygen atoms in total. The van der Waals surface area contributed by atoms with Gasteiger partial charge >= 0.3 is 0 Å². The van der Waals surface area contributed by atoms with Gasteiger partial charge in [0.1, 0.15) is 0 Å². The predicted molar refractivity (Wildman–Crippen MR) is 97.8 cm³/mol. The summed E-state index contributed by atoms with van der Waals surface area (Å²) < 4.78 is 13.7. The first-order valence-electron chi connectivity index (χ1n) is 7.47. The quantitative estimate of drug-likeness (QED) is 0.529. The second-order valence-electron chi connectivity index (χ2n) is 5.21. The van der Waals surface area contributed by atoms with E-state index >= 15 is 0 Å². The second-order valence-corrected chi connectivity index (χ2v) is 7.68. The summed E-state index contributed by atoms with van der Waals surface area (Å²) in [7, 11) is -3.03. The van der Waals surface area contributed by atoms with Crippen molar-refractivity contribution in [1.29, 1.82) is 5.26 Å². The first kappa shape index (κ1) is 15.8. The van der Waals surface area contributed by atoms with Crippen LogP contribution in [0.1, 0.15) is 11.1 Å². The van der Waals surface area contributed by atoms with E-state index in [-0.39, 0.29) is 0 Å². The molecule has 0 aliphatic carbocycles. The van der Waals surface area contributed by atoms with Crippen molar-refractivity contribution in [2.45, 2.75) is 0 Å². The number of hydrogen-bond donors (Lipinski definition) is 0. The summed E-state index contributed by atoms with van der Waals surface area (Å²) in [4.78, 5) is 0. The topological polar surface area (TPSA) is 40.9 Å². The molecular formula is C21H14NOP. The van der Waals surface area contributed by atoms with E-state index in [1.807, 2.05) is 60.7 Å². The largest absolute Gasteiger partial charge is 0.300 e. The summed E-state index contributed by atoms with van der Waals surface area (Å²) >= 11 is 0. The van der Waals surface area contributed by atoms with Gasteiger partial charge in [0.05, 0.1) is 11.6 Å². The van der Waals surface area contributed by atoms with Gasteiger partial charge in [-0.05, 0) is 29.9 Å². The zero-order valence-electron chi connectivity index (χ0n) is 12.9. The highest BCUT2D eigenvalue weighted by Gasteiger charge is 2.24. The van der Waals surface area contributed by atoms with Crippen molar-refractivity contribution in [3.05, 3.63) is 96.1 Å². The molecule has 0 radical (unpaired) electrons. The van der Waals surface area contributed by atoms with Crippen molar-refractivity contribution in [2.24, 2.45) is 0 Å². The van der Waals surface area contributed by atoms with Crippen molar-refractivity contribution >= 4 is 17.8 Å². The summed E-state index contributed by atoms with van der Waals surface area (Å²) in [5.74, 6) is 3.01. The van der Waals surface area contributed by atoms with E-state index in [1.165, 1.54) is 0 Å². The number of hydrogen-bond acceptors (Lipinski definition) is 2. The smallest absolute Gasteiger partial charge is 0.211 e. The summed E-state index contributed by atoms with van der Waals surface area (Å²) in [5.41, 5.74) is 4.32. The zero-order chi connectivity index (χ0) is 16.8. The Morgan fingerprint density at radius 1 is 0.667 bits per heavy atom. The van der Waals surface area contributed by atoms with Crippen LogP contribution in [0.3, 0.4) is 0 Å². The standard InChI is InChI=1S/C21H14NOP/c22-17-19-13-11-18(12-14-19)15-16-24(23,20-7-3-1-4-8-20)21-9-5-2-6-10-21/h1-14H. The molecule has 0 saturated heterocycles. The molecule has 3 heteroatoms. The maximum absolute atomic E-state index is 13.7. The molecule has 0 saturated carbocycles. The molecule has 3 aromatic rings. The van der Waals surface area contributed by atoms with Crippen LogP contribution in [-0.2, 0) is 4.57 Å². The molecular weight excluding hydrogens is 313 g/mol. The third-order valence-electron chi connectivity index (χ3n) is 3.61. The number of rotatable bonds is 2. The molecule has 0 bridgehead atoms. The van der Waals surface area contributed by atoms with Crippen LogP contribution >= 0.6 is 7.14 Å². The van der Waals surface area contributed by atoms with Crippen molar-refractivity contribution < 1.29 is 4.57 Å². The maximum atomic E-state index is 13.7. The first-order chi connectivity index (χ1) is 11.7. The Bertz CT molecular complexity index is 932. The van der Waals surface area contributed by atoms with Gasteiger partial charge < -0.3 is 0 Å². The molecule has 0 fully saturated rings. The highest BCUT2D eigenvalue weighted by atomic mass is 31.2. The predicted octanol–water partition coefficient (Wildman–Crippen LogP) is 3.88. The van der Waals surface area contributed by atoms with Crippen molar-refractivity contribution in [3.63, 3.8) is 0 Å². The molecule has 0 amide bonds. The Hall–Kier alpha value is -3.06. The Labute approximate surface area is 141 Å². The summed E-state index contributed by atoms with van der Waals surface area (Å²) in [6.07, 6.45) is 0. The molecule has 0 aliphatic rings. The van der Waals surface area contributed by atoms with Gasteiger partial charge in [-0.25, -0.2) is 0 Å². The van der Waals surface area contributed by atoms with Crippen LogP contribution in [0.2, 0.25) is 0 Å². The number of nitrogens with zero attached hydrogens (tertiary/aromatic N) is 1. The van der Waals surface area contributed by atoms with Gasteiger partial charge in [-0.3, -0.25) is 4.57 Å². The average molecular weight is 327 g/mol. The fourth-order valence-corrected chi connectivity index (χ4v) is 4.35.